The standard InChI is InChI=1S/C30H39N5O5/c1-30(2,3)32-29(38)35-15-7-14-33(16-17-35)24-10-9-22(19-23(24)28(37)34-12-5-4-6-13-34)31-27(36)21-8-11-25-26(18-21)40-20-39-25/h8-11,18-19H,4-7,12-17,20H2,1-3H3,(H,31,36)(H,32,38). The molecule has 10 nitrogen and oxygen atoms in total. The van der Waals surface area contributed by atoms with Gasteiger partial charge in [0.1, 0.15) is 0 Å². The van der Waals surface area contributed by atoms with Crippen molar-refractivity contribution in [3.8, 4) is 11.5 Å². The van der Waals surface area contributed by atoms with Crippen molar-refractivity contribution in [1.29, 1.82) is 0 Å². The summed E-state index contributed by atoms with van der Waals surface area (Å²) < 4.78 is 10.8. The Morgan fingerprint density at radius 2 is 1.52 bits per heavy atom. The van der Waals surface area contributed by atoms with Crippen LogP contribution in [0.3, 0.4) is 0 Å². The van der Waals surface area contributed by atoms with E-state index in [9.17, 15) is 14.4 Å². The van der Waals surface area contributed by atoms with E-state index >= 15 is 0 Å². The smallest absolute Gasteiger partial charge is 0.317 e. The van der Waals surface area contributed by atoms with E-state index in [4.69, 9.17) is 9.47 Å². The number of piperidine rings is 1. The SMILES string of the molecule is CC(C)(C)NC(=O)N1CCCN(c2ccc(NC(=O)c3ccc4c(c3)OCO4)cc2C(=O)N2CCCCC2)CC1. The molecule has 2 aromatic rings. The van der Waals surface area contributed by atoms with Crippen molar-refractivity contribution in [2.75, 3.05) is 56.3 Å². The third kappa shape index (κ3) is 6.43. The topological polar surface area (TPSA) is 103 Å². The lowest BCUT2D eigenvalue weighted by molar-refractivity contribution is 0.0724. The number of hydrogen-bond donors (Lipinski definition) is 2. The molecule has 3 aliphatic heterocycles. The Morgan fingerprint density at radius 3 is 2.30 bits per heavy atom. The molecule has 2 saturated heterocycles. The molecule has 10 heteroatoms. The number of carbonyl (C=O) groups is 3. The quantitative estimate of drug-likeness (QED) is 0.589. The third-order valence-corrected chi connectivity index (χ3v) is 7.37. The highest BCUT2D eigenvalue weighted by Crippen LogP contribution is 2.33. The largest absolute Gasteiger partial charge is 0.454 e. The summed E-state index contributed by atoms with van der Waals surface area (Å²) in [6, 6.07) is 10.5. The second kappa shape index (κ2) is 11.7. The normalized spacial score (nSPS) is 17.3. The minimum absolute atomic E-state index is 0.0274. The Morgan fingerprint density at radius 1 is 0.775 bits per heavy atom. The molecule has 0 saturated carbocycles. The molecule has 4 amide bonds. The van der Waals surface area contributed by atoms with Crippen molar-refractivity contribution in [3.63, 3.8) is 0 Å². The number of urea groups is 1. The average molecular weight is 550 g/mol. The number of ether oxygens (including phenoxy) is 2. The fourth-order valence-corrected chi connectivity index (χ4v) is 5.33. The van der Waals surface area contributed by atoms with Gasteiger partial charge in [-0.25, -0.2) is 4.79 Å². The van der Waals surface area contributed by atoms with Crippen molar-refractivity contribution in [2.45, 2.75) is 52.0 Å². The molecule has 3 aliphatic rings. The van der Waals surface area contributed by atoms with Gasteiger partial charge in [-0.3, -0.25) is 9.59 Å². The Bertz CT molecular complexity index is 1270. The Labute approximate surface area is 235 Å². The van der Waals surface area contributed by atoms with Gasteiger partial charge in [0.15, 0.2) is 11.5 Å². The summed E-state index contributed by atoms with van der Waals surface area (Å²) >= 11 is 0. The summed E-state index contributed by atoms with van der Waals surface area (Å²) in [6.45, 7) is 10.1. The van der Waals surface area contributed by atoms with Crippen LogP contribution >= 0.6 is 0 Å². The number of anilines is 2. The highest BCUT2D eigenvalue weighted by molar-refractivity contribution is 6.06. The number of carbonyl (C=O) groups excluding carboxylic acids is 3. The van der Waals surface area contributed by atoms with Crippen molar-refractivity contribution >= 4 is 29.2 Å². The van der Waals surface area contributed by atoms with E-state index < -0.39 is 0 Å². The van der Waals surface area contributed by atoms with E-state index in [-0.39, 0.29) is 30.2 Å². The number of hydrogen-bond acceptors (Lipinski definition) is 6. The molecule has 2 fully saturated rings. The molecule has 0 aliphatic carbocycles. The van der Waals surface area contributed by atoms with Crippen LogP contribution in [0, 0.1) is 0 Å². The Kier molecular flexibility index (Phi) is 8.04. The van der Waals surface area contributed by atoms with Crippen LogP contribution in [0.4, 0.5) is 16.2 Å². The van der Waals surface area contributed by atoms with E-state index in [2.05, 4.69) is 15.5 Å². The van der Waals surface area contributed by atoms with Gasteiger partial charge in [-0.2, -0.15) is 0 Å². The number of benzene rings is 2. The maximum atomic E-state index is 13.8. The molecule has 214 valence electrons. The maximum absolute atomic E-state index is 13.8. The predicted molar refractivity (Wildman–Crippen MR) is 153 cm³/mol. The highest BCUT2D eigenvalue weighted by atomic mass is 16.7. The van der Waals surface area contributed by atoms with Crippen molar-refractivity contribution < 1.29 is 23.9 Å². The lowest BCUT2D eigenvalue weighted by atomic mass is 10.1. The zero-order valence-corrected chi connectivity index (χ0v) is 23.6. The van der Waals surface area contributed by atoms with E-state index in [0.717, 1.165) is 51.0 Å². The molecule has 0 atom stereocenters. The summed E-state index contributed by atoms with van der Waals surface area (Å²) in [7, 11) is 0. The number of rotatable bonds is 4. The number of nitrogens with zero attached hydrogens (tertiary/aromatic N) is 3. The summed E-state index contributed by atoms with van der Waals surface area (Å²) in [4.78, 5) is 45.6. The molecule has 5 rings (SSSR count). The third-order valence-electron chi connectivity index (χ3n) is 7.37. The predicted octanol–water partition coefficient (Wildman–Crippen LogP) is 4.31. The van der Waals surface area contributed by atoms with E-state index in [1.165, 1.54) is 0 Å². The van der Waals surface area contributed by atoms with E-state index in [1.807, 2.05) is 42.7 Å². The number of fused-ring (bicyclic) bond motifs is 1. The first-order valence-corrected chi connectivity index (χ1v) is 14.1. The second-order valence-corrected chi connectivity index (χ2v) is 11.6. The van der Waals surface area contributed by atoms with Crippen LogP contribution in [0.15, 0.2) is 36.4 Å². The monoisotopic (exact) mass is 549 g/mol. The maximum Gasteiger partial charge on any atom is 0.317 e. The van der Waals surface area contributed by atoms with Gasteiger partial charge in [0, 0.05) is 61.7 Å². The summed E-state index contributed by atoms with van der Waals surface area (Å²) in [5.41, 5.74) is 2.08. The molecule has 0 unspecified atom stereocenters. The van der Waals surface area contributed by atoms with Crippen molar-refractivity contribution in [1.82, 2.24) is 15.1 Å². The van der Waals surface area contributed by atoms with Crippen LogP contribution in [0.25, 0.3) is 0 Å². The van der Waals surface area contributed by atoms with Gasteiger partial charge in [-0.05, 0) is 82.9 Å². The van der Waals surface area contributed by atoms with Crippen LogP contribution in [0.5, 0.6) is 11.5 Å². The zero-order chi connectivity index (χ0) is 28.3. The molecule has 0 bridgehead atoms. The summed E-state index contributed by atoms with van der Waals surface area (Å²) in [5, 5.41) is 6.00. The molecule has 0 spiro atoms. The lowest BCUT2D eigenvalue weighted by Gasteiger charge is -2.31. The molecular formula is C30H39N5O5. The molecule has 40 heavy (non-hydrogen) atoms. The van der Waals surface area contributed by atoms with Crippen LogP contribution in [0.2, 0.25) is 0 Å². The fourth-order valence-electron chi connectivity index (χ4n) is 5.33. The van der Waals surface area contributed by atoms with Gasteiger partial charge in [-0.15, -0.1) is 0 Å². The van der Waals surface area contributed by atoms with Gasteiger partial charge < -0.3 is 34.8 Å². The first-order chi connectivity index (χ1) is 19.2. The number of likely N-dealkylation sites (tertiary alicyclic amines) is 1. The van der Waals surface area contributed by atoms with Crippen LogP contribution in [0.1, 0.15) is 67.2 Å². The van der Waals surface area contributed by atoms with Gasteiger partial charge >= 0.3 is 6.03 Å². The molecule has 3 heterocycles. The minimum Gasteiger partial charge on any atom is -0.454 e. The molecule has 0 aromatic heterocycles. The first-order valence-electron chi connectivity index (χ1n) is 14.1. The van der Waals surface area contributed by atoms with Gasteiger partial charge in [-0.1, -0.05) is 0 Å². The first kappa shape index (κ1) is 27.6. The summed E-state index contributed by atoms with van der Waals surface area (Å²) in [6.07, 6.45) is 3.89. The van der Waals surface area contributed by atoms with Crippen LogP contribution in [-0.2, 0) is 0 Å². The average Bonchev–Trinajstić information content (AvgIpc) is 3.27. The number of nitrogens with one attached hydrogen (secondary N) is 2. The zero-order valence-electron chi connectivity index (χ0n) is 23.6. The second-order valence-electron chi connectivity index (χ2n) is 11.6. The van der Waals surface area contributed by atoms with Gasteiger partial charge in [0.05, 0.1) is 5.56 Å². The van der Waals surface area contributed by atoms with Crippen LogP contribution < -0.4 is 25.0 Å². The van der Waals surface area contributed by atoms with Crippen molar-refractivity contribution in [3.05, 3.63) is 47.5 Å². The lowest BCUT2D eigenvalue weighted by Crippen LogP contribution is -2.49. The van der Waals surface area contributed by atoms with E-state index in [1.54, 1.807) is 24.3 Å². The van der Waals surface area contributed by atoms with Gasteiger partial charge in [0.25, 0.3) is 11.8 Å². The Hall–Kier alpha value is -3.95. The highest BCUT2D eigenvalue weighted by Gasteiger charge is 2.27. The van der Waals surface area contributed by atoms with Gasteiger partial charge in [0.2, 0.25) is 6.79 Å². The molecule has 0 radical (unpaired) electrons. The number of amides is 4. The molecular weight excluding hydrogens is 510 g/mol. The van der Waals surface area contributed by atoms with E-state index in [0.29, 0.717) is 47.9 Å². The van der Waals surface area contributed by atoms with Crippen LogP contribution in [-0.4, -0.2) is 79.2 Å². The summed E-state index contributed by atoms with van der Waals surface area (Å²) in [5.74, 6) is 0.829. The fraction of sp³-hybridized carbons (Fsp3) is 0.500. The minimum atomic E-state index is -0.308. The Balaban J connectivity index is 1.37. The molecule has 2 N–H and O–H groups in total. The van der Waals surface area contributed by atoms with Crippen molar-refractivity contribution in [2.24, 2.45) is 0 Å². The molecule has 2 aromatic carbocycles.